The van der Waals surface area contributed by atoms with Crippen molar-refractivity contribution in [2.45, 2.75) is 25.7 Å². The van der Waals surface area contributed by atoms with E-state index in [2.05, 4.69) is 17.5 Å². The van der Waals surface area contributed by atoms with E-state index in [1.54, 1.807) is 14.2 Å². The number of hydrogen-bond donors (Lipinski definition) is 1. The van der Waals surface area contributed by atoms with Crippen LogP contribution in [-0.4, -0.2) is 20.1 Å². The van der Waals surface area contributed by atoms with Gasteiger partial charge in [0.05, 0.1) is 14.2 Å². The molecule has 0 saturated heterocycles. The summed E-state index contributed by atoms with van der Waals surface area (Å²) < 4.78 is 17.0. The van der Waals surface area contributed by atoms with Gasteiger partial charge in [-0.2, -0.15) is 5.26 Å². The molecule has 30 heavy (non-hydrogen) atoms. The summed E-state index contributed by atoms with van der Waals surface area (Å²) in [4.78, 5) is 11.8. The molecule has 0 aromatic heterocycles. The van der Waals surface area contributed by atoms with Gasteiger partial charge in [0.1, 0.15) is 17.4 Å². The molecular formula is C24H22N2O4. The van der Waals surface area contributed by atoms with E-state index in [0.29, 0.717) is 22.8 Å². The molecule has 1 aliphatic heterocycles. The highest BCUT2D eigenvalue weighted by molar-refractivity contribution is 5.78. The highest BCUT2D eigenvalue weighted by atomic mass is 16.5. The second-order valence-electron chi connectivity index (χ2n) is 7.20. The molecule has 1 heterocycles. The third-order valence-electron chi connectivity index (χ3n) is 5.45. The van der Waals surface area contributed by atoms with Crippen molar-refractivity contribution in [2.24, 2.45) is 0 Å². The molecule has 0 fully saturated rings. The van der Waals surface area contributed by atoms with Gasteiger partial charge in [-0.3, -0.25) is 10.1 Å². The average Bonchev–Trinajstić information content (AvgIpc) is 2.77. The Kier molecular flexibility index (Phi) is 5.20. The third-order valence-corrected chi connectivity index (χ3v) is 5.45. The van der Waals surface area contributed by atoms with E-state index in [0.717, 1.165) is 29.5 Å². The molecule has 1 N–H and O–H groups in total. The Hall–Kier alpha value is -3.72. The lowest BCUT2D eigenvalue weighted by atomic mass is 9.76. The van der Waals surface area contributed by atoms with Crippen LogP contribution in [0.5, 0.6) is 11.5 Å². The Labute approximate surface area is 175 Å². The molecule has 152 valence electrons. The quantitative estimate of drug-likeness (QED) is 0.835. The summed E-state index contributed by atoms with van der Waals surface area (Å²) in [6.45, 7) is 1.40. The number of allylic oxidation sites excluding steroid dienone is 2. The van der Waals surface area contributed by atoms with E-state index in [9.17, 15) is 10.1 Å². The van der Waals surface area contributed by atoms with Crippen molar-refractivity contribution in [2.75, 3.05) is 14.2 Å². The summed E-state index contributed by atoms with van der Waals surface area (Å²) in [6, 6.07) is 16.0. The second kappa shape index (κ2) is 7.96. The van der Waals surface area contributed by atoms with E-state index >= 15 is 0 Å². The van der Waals surface area contributed by atoms with Crippen molar-refractivity contribution in [1.29, 1.82) is 5.26 Å². The maximum Gasteiger partial charge on any atom is 0.223 e. The van der Waals surface area contributed by atoms with Crippen LogP contribution in [0.15, 0.2) is 59.5 Å². The van der Waals surface area contributed by atoms with Gasteiger partial charge in [0.2, 0.25) is 11.8 Å². The lowest BCUT2D eigenvalue weighted by Gasteiger charge is -2.34. The average molecular weight is 402 g/mol. The SMILES string of the molecule is COc1ccc(C2C(C#N)=C(NC(C)=O)OC3=C2CCc2ccccc23)cc1OC. The molecule has 2 aliphatic rings. The monoisotopic (exact) mass is 402 g/mol. The number of carbonyl (C=O) groups excluding carboxylic acids is 1. The lowest BCUT2D eigenvalue weighted by molar-refractivity contribution is -0.118. The van der Waals surface area contributed by atoms with E-state index in [1.807, 2.05) is 36.4 Å². The normalized spacial score (nSPS) is 17.3. The molecule has 0 radical (unpaired) electrons. The molecule has 1 amide bonds. The van der Waals surface area contributed by atoms with E-state index in [1.165, 1.54) is 12.5 Å². The van der Waals surface area contributed by atoms with Crippen LogP contribution >= 0.6 is 0 Å². The molecule has 0 spiro atoms. The van der Waals surface area contributed by atoms with Crippen LogP contribution in [0, 0.1) is 11.3 Å². The molecule has 2 aromatic carbocycles. The zero-order valence-corrected chi connectivity index (χ0v) is 17.1. The van der Waals surface area contributed by atoms with Gasteiger partial charge in [-0.1, -0.05) is 30.3 Å². The first kappa shape index (κ1) is 19.6. The van der Waals surface area contributed by atoms with Gasteiger partial charge < -0.3 is 14.2 Å². The number of fused-ring (bicyclic) bond motifs is 2. The number of nitrogens with zero attached hydrogens (tertiary/aromatic N) is 1. The first-order chi connectivity index (χ1) is 14.6. The predicted molar refractivity (Wildman–Crippen MR) is 112 cm³/mol. The van der Waals surface area contributed by atoms with Crippen LogP contribution in [0.25, 0.3) is 5.76 Å². The van der Waals surface area contributed by atoms with Crippen LogP contribution in [0.2, 0.25) is 0 Å². The summed E-state index contributed by atoms with van der Waals surface area (Å²) in [5, 5.41) is 12.7. The number of benzene rings is 2. The fourth-order valence-corrected chi connectivity index (χ4v) is 4.14. The number of hydrogen-bond acceptors (Lipinski definition) is 5. The molecule has 1 unspecified atom stereocenters. The second-order valence-corrected chi connectivity index (χ2v) is 7.20. The number of aryl methyl sites for hydroxylation is 1. The number of nitrogens with one attached hydrogen (secondary N) is 1. The summed E-state index contributed by atoms with van der Waals surface area (Å²) in [5.41, 5.74) is 4.44. The van der Waals surface area contributed by atoms with E-state index in [-0.39, 0.29) is 17.7 Å². The Morgan fingerprint density at radius 1 is 1.13 bits per heavy atom. The fourth-order valence-electron chi connectivity index (χ4n) is 4.14. The third kappa shape index (κ3) is 3.29. The molecule has 1 aliphatic carbocycles. The largest absolute Gasteiger partial charge is 0.493 e. The zero-order valence-electron chi connectivity index (χ0n) is 17.1. The predicted octanol–water partition coefficient (Wildman–Crippen LogP) is 4.05. The van der Waals surface area contributed by atoms with Crippen molar-refractivity contribution >= 4 is 11.7 Å². The molecule has 6 heteroatoms. The van der Waals surface area contributed by atoms with Crippen LogP contribution < -0.4 is 14.8 Å². The van der Waals surface area contributed by atoms with Gasteiger partial charge in [-0.15, -0.1) is 0 Å². The van der Waals surface area contributed by atoms with Crippen LogP contribution in [0.1, 0.15) is 36.0 Å². The fraction of sp³-hybridized carbons (Fsp3) is 0.250. The van der Waals surface area contributed by atoms with Crippen LogP contribution in [0.4, 0.5) is 0 Å². The highest BCUT2D eigenvalue weighted by Gasteiger charge is 2.37. The number of rotatable bonds is 4. The molecule has 6 nitrogen and oxygen atoms in total. The van der Waals surface area contributed by atoms with E-state index < -0.39 is 0 Å². The van der Waals surface area contributed by atoms with Gasteiger partial charge in [-0.25, -0.2) is 0 Å². The molecular weight excluding hydrogens is 380 g/mol. The summed E-state index contributed by atoms with van der Waals surface area (Å²) >= 11 is 0. The van der Waals surface area contributed by atoms with Crippen molar-refractivity contribution in [3.05, 3.63) is 76.2 Å². The minimum Gasteiger partial charge on any atom is -0.493 e. The molecule has 2 aromatic rings. The topological polar surface area (TPSA) is 80.6 Å². The highest BCUT2D eigenvalue weighted by Crippen LogP contribution is 2.48. The van der Waals surface area contributed by atoms with Gasteiger partial charge in [0.25, 0.3) is 0 Å². The van der Waals surface area contributed by atoms with Gasteiger partial charge >= 0.3 is 0 Å². The number of ether oxygens (including phenoxy) is 3. The summed E-state index contributed by atoms with van der Waals surface area (Å²) in [5.74, 6) is 1.43. The van der Waals surface area contributed by atoms with Crippen molar-refractivity contribution in [1.82, 2.24) is 5.32 Å². The van der Waals surface area contributed by atoms with Crippen LogP contribution in [-0.2, 0) is 16.0 Å². The van der Waals surface area contributed by atoms with Gasteiger partial charge in [0, 0.05) is 18.4 Å². The maximum atomic E-state index is 11.8. The molecule has 0 bridgehead atoms. The Bertz CT molecular complexity index is 1120. The Morgan fingerprint density at radius 3 is 2.60 bits per heavy atom. The number of methoxy groups -OCH3 is 2. The minimum atomic E-state index is -0.353. The first-order valence-corrected chi connectivity index (χ1v) is 9.70. The summed E-state index contributed by atoms with van der Waals surface area (Å²) in [6.07, 6.45) is 1.61. The van der Waals surface area contributed by atoms with E-state index in [4.69, 9.17) is 14.2 Å². The summed E-state index contributed by atoms with van der Waals surface area (Å²) in [7, 11) is 3.16. The van der Waals surface area contributed by atoms with Crippen molar-refractivity contribution in [3.63, 3.8) is 0 Å². The molecule has 1 atom stereocenters. The lowest BCUT2D eigenvalue weighted by Crippen LogP contribution is -2.29. The van der Waals surface area contributed by atoms with Crippen molar-refractivity contribution < 1.29 is 19.0 Å². The molecule has 4 rings (SSSR count). The van der Waals surface area contributed by atoms with Crippen molar-refractivity contribution in [3.8, 4) is 17.6 Å². The smallest absolute Gasteiger partial charge is 0.223 e. The number of amides is 1. The number of carbonyl (C=O) groups is 1. The standard InChI is InChI=1S/C24H22N2O4/c1-14(27)26-24-19(13-25)22(16-9-11-20(28-2)21(12-16)29-3)18-10-8-15-6-4-5-7-17(15)23(18)30-24/h4-7,9,11-12,22H,8,10H2,1-3H3,(H,26,27). The van der Waals surface area contributed by atoms with Gasteiger partial charge in [0.15, 0.2) is 11.5 Å². The Balaban J connectivity index is 1.93. The van der Waals surface area contributed by atoms with Crippen LogP contribution in [0.3, 0.4) is 0 Å². The number of nitriles is 1. The Morgan fingerprint density at radius 2 is 1.90 bits per heavy atom. The first-order valence-electron chi connectivity index (χ1n) is 9.70. The maximum absolute atomic E-state index is 11.8. The minimum absolute atomic E-state index is 0.181. The van der Waals surface area contributed by atoms with Gasteiger partial charge in [-0.05, 0) is 41.7 Å². The zero-order chi connectivity index (χ0) is 21.3. The molecule has 0 saturated carbocycles.